The molecule has 9 heteroatoms. The van der Waals surface area contributed by atoms with Crippen molar-refractivity contribution in [1.29, 1.82) is 0 Å². The van der Waals surface area contributed by atoms with E-state index in [-0.39, 0.29) is 10.8 Å². The monoisotopic (exact) mass is 367 g/mol. The average Bonchev–Trinajstić information content (AvgIpc) is 3.32. The third kappa shape index (κ3) is 3.49. The van der Waals surface area contributed by atoms with Crippen LogP contribution in [0.25, 0.3) is 0 Å². The number of ether oxygens (including phenoxy) is 1. The molecule has 25 heavy (non-hydrogen) atoms. The summed E-state index contributed by atoms with van der Waals surface area (Å²) in [6, 6.07) is 0. The van der Waals surface area contributed by atoms with Gasteiger partial charge in [-0.05, 0) is 20.3 Å². The molecular formula is C16H25N5O3S. The number of methoxy groups -OCH3 is 1. The van der Waals surface area contributed by atoms with Crippen molar-refractivity contribution in [1.82, 2.24) is 23.6 Å². The highest BCUT2D eigenvalue weighted by atomic mass is 32.2. The van der Waals surface area contributed by atoms with Gasteiger partial charge in [0.1, 0.15) is 10.7 Å². The molecule has 8 nitrogen and oxygen atoms in total. The molecule has 1 atom stereocenters. The van der Waals surface area contributed by atoms with E-state index in [4.69, 9.17) is 4.74 Å². The lowest BCUT2D eigenvalue weighted by Crippen LogP contribution is -2.28. The lowest BCUT2D eigenvalue weighted by atomic mass is 10.1. The minimum Gasteiger partial charge on any atom is -0.383 e. The van der Waals surface area contributed by atoms with Gasteiger partial charge in [-0.15, -0.1) is 0 Å². The highest BCUT2D eigenvalue weighted by Crippen LogP contribution is 2.30. The lowest BCUT2D eigenvalue weighted by molar-refractivity contribution is 0.185. The van der Waals surface area contributed by atoms with Gasteiger partial charge in [-0.2, -0.15) is 9.40 Å². The fraction of sp³-hybridized carbons (Fsp3) is 0.625. The summed E-state index contributed by atoms with van der Waals surface area (Å²) >= 11 is 0. The van der Waals surface area contributed by atoms with Crippen LogP contribution in [-0.2, 0) is 27.8 Å². The summed E-state index contributed by atoms with van der Waals surface area (Å²) in [6.07, 6.45) is 5.63. The number of hydrogen-bond donors (Lipinski definition) is 0. The van der Waals surface area contributed by atoms with Crippen LogP contribution in [-0.4, -0.2) is 58.9 Å². The van der Waals surface area contributed by atoms with E-state index >= 15 is 0 Å². The van der Waals surface area contributed by atoms with E-state index in [1.807, 2.05) is 20.0 Å². The molecule has 0 aliphatic carbocycles. The van der Waals surface area contributed by atoms with Crippen molar-refractivity contribution in [2.24, 2.45) is 0 Å². The van der Waals surface area contributed by atoms with Gasteiger partial charge in [0.25, 0.3) is 0 Å². The first-order chi connectivity index (χ1) is 12.0. The number of imidazole rings is 1. The van der Waals surface area contributed by atoms with E-state index in [0.29, 0.717) is 26.2 Å². The predicted molar refractivity (Wildman–Crippen MR) is 92.9 cm³/mol. The Morgan fingerprint density at radius 1 is 1.36 bits per heavy atom. The van der Waals surface area contributed by atoms with Crippen molar-refractivity contribution in [2.75, 3.05) is 26.8 Å². The molecule has 0 amide bonds. The molecule has 0 N–H and O–H groups in total. The van der Waals surface area contributed by atoms with Gasteiger partial charge in [-0.1, -0.05) is 0 Å². The smallest absolute Gasteiger partial charge is 0.246 e. The quantitative estimate of drug-likeness (QED) is 0.735. The Morgan fingerprint density at radius 2 is 2.16 bits per heavy atom. The van der Waals surface area contributed by atoms with Gasteiger partial charge in [-0.25, -0.2) is 13.4 Å². The number of aryl methyl sites for hydroxylation is 2. The summed E-state index contributed by atoms with van der Waals surface area (Å²) in [4.78, 5) is 4.78. The van der Waals surface area contributed by atoms with Gasteiger partial charge < -0.3 is 9.30 Å². The molecule has 2 aromatic heterocycles. The maximum Gasteiger partial charge on any atom is 0.246 e. The highest BCUT2D eigenvalue weighted by Gasteiger charge is 2.35. The molecule has 3 heterocycles. The van der Waals surface area contributed by atoms with E-state index in [2.05, 4.69) is 14.6 Å². The van der Waals surface area contributed by atoms with Gasteiger partial charge in [-0.3, -0.25) is 4.68 Å². The third-order valence-corrected chi connectivity index (χ3v) is 6.51. The fourth-order valence-corrected chi connectivity index (χ4v) is 4.69. The van der Waals surface area contributed by atoms with E-state index in [1.54, 1.807) is 22.3 Å². The van der Waals surface area contributed by atoms with Gasteiger partial charge in [0, 0.05) is 57.3 Å². The molecule has 1 fully saturated rings. The number of nitrogens with zero attached hydrogens (tertiary/aromatic N) is 5. The van der Waals surface area contributed by atoms with Crippen LogP contribution in [0.4, 0.5) is 0 Å². The number of aromatic nitrogens is 4. The van der Waals surface area contributed by atoms with Gasteiger partial charge in [0.15, 0.2) is 0 Å². The van der Waals surface area contributed by atoms with Gasteiger partial charge >= 0.3 is 0 Å². The zero-order valence-corrected chi connectivity index (χ0v) is 15.7. The predicted octanol–water partition coefficient (Wildman–Crippen LogP) is 1.23. The second-order valence-electron chi connectivity index (χ2n) is 6.28. The Labute approximate surface area is 148 Å². The van der Waals surface area contributed by atoms with Crippen LogP contribution >= 0.6 is 0 Å². The van der Waals surface area contributed by atoms with Crippen LogP contribution in [0.5, 0.6) is 0 Å². The number of sulfonamides is 1. The summed E-state index contributed by atoms with van der Waals surface area (Å²) in [5, 5.41) is 4.08. The Hall–Kier alpha value is -1.71. The summed E-state index contributed by atoms with van der Waals surface area (Å²) in [5.41, 5.74) is 1.07. The molecule has 138 valence electrons. The van der Waals surface area contributed by atoms with E-state index in [1.165, 1.54) is 6.20 Å². The molecule has 1 aliphatic rings. The summed E-state index contributed by atoms with van der Waals surface area (Å²) in [6.45, 7) is 6.86. The van der Waals surface area contributed by atoms with Crippen LogP contribution < -0.4 is 0 Å². The first kappa shape index (κ1) is 18.1. The fourth-order valence-electron chi connectivity index (χ4n) is 3.24. The Bertz CT molecular complexity index is 827. The molecule has 0 aromatic carbocycles. The minimum absolute atomic E-state index is 0.0987. The maximum absolute atomic E-state index is 12.8. The summed E-state index contributed by atoms with van der Waals surface area (Å²) in [5.74, 6) is 1.04. The third-order valence-electron chi connectivity index (χ3n) is 4.69. The lowest BCUT2D eigenvalue weighted by Gasteiger charge is -2.16. The van der Waals surface area contributed by atoms with Crippen LogP contribution in [0.15, 0.2) is 23.5 Å². The zero-order chi connectivity index (χ0) is 18.0. The molecule has 3 rings (SSSR count). The molecule has 1 saturated heterocycles. The average molecular weight is 367 g/mol. The SMILES string of the molecule is CCn1cc(S(=O)(=O)N2CCC(c3ncc(C)n3CCOC)C2)cn1. The van der Waals surface area contributed by atoms with Crippen molar-refractivity contribution >= 4 is 10.0 Å². The second-order valence-corrected chi connectivity index (χ2v) is 8.22. The highest BCUT2D eigenvalue weighted by molar-refractivity contribution is 7.89. The molecule has 0 radical (unpaired) electrons. The Morgan fingerprint density at radius 3 is 2.84 bits per heavy atom. The first-order valence-corrected chi connectivity index (χ1v) is 9.95. The summed E-state index contributed by atoms with van der Waals surface area (Å²) in [7, 11) is -1.83. The molecule has 0 saturated carbocycles. The van der Waals surface area contributed by atoms with E-state index in [0.717, 1.165) is 24.5 Å². The van der Waals surface area contributed by atoms with Gasteiger partial charge in [0.05, 0.1) is 12.8 Å². The second kappa shape index (κ2) is 7.27. The largest absolute Gasteiger partial charge is 0.383 e. The Balaban J connectivity index is 1.77. The van der Waals surface area contributed by atoms with Crippen molar-refractivity contribution in [3.8, 4) is 0 Å². The van der Waals surface area contributed by atoms with Crippen molar-refractivity contribution in [2.45, 2.75) is 44.2 Å². The van der Waals surface area contributed by atoms with Crippen molar-refractivity contribution in [3.63, 3.8) is 0 Å². The molecule has 0 spiro atoms. The standard InChI is InChI=1S/C16H25N5O3S/c1-4-19-12-15(10-18-19)25(22,23)20-6-5-14(11-20)16-17-9-13(2)21(16)7-8-24-3/h9-10,12,14H,4-8,11H2,1-3H3. The van der Waals surface area contributed by atoms with Crippen LogP contribution in [0.2, 0.25) is 0 Å². The number of hydrogen-bond acceptors (Lipinski definition) is 5. The zero-order valence-electron chi connectivity index (χ0n) is 14.9. The molecule has 1 aliphatic heterocycles. The molecular weight excluding hydrogens is 342 g/mol. The van der Waals surface area contributed by atoms with Crippen LogP contribution in [0, 0.1) is 6.92 Å². The normalized spacial score (nSPS) is 18.9. The maximum atomic E-state index is 12.8. The van der Waals surface area contributed by atoms with Gasteiger partial charge in [0.2, 0.25) is 10.0 Å². The minimum atomic E-state index is -3.50. The molecule has 1 unspecified atom stereocenters. The topological polar surface area (TPSA) is 82.2 Å². The molecule has 0 bridgehead atoms. The van der Waals surface area contributed by atoms with E-state index < -0.39 is 10.0 Å². The van der Waals surface area contributed by atoms with Crippen molar-refractivity contribution in [3.05, 3.63) is 30.1 Å². The van der Waals surface area contributed by atoms with Crippen LogP contribution in [0.1, 0.15) is 30.8 Å². The van der Waals surface area contributed by atoms with Crippen molar-refractivity contribution < 1.29 is 13.2 Å². The summed E-state index contributed by atoms with van der Waals surface area (Å²) < 4.78 is 36.1. The first-order valence-electron chi connectivity index (χ1n) is 8.51. The van der Waals surface area contributed by atoms with E-state index in [9.17, 15) is 8.42 Å². The van der Waals surface area contributed by atoms with Crippen LogP contribution in [0.3, 0.4) is 0 Å². The Kier molecular flexibility index (Phi) is 5.26. The molecule has 2 aromatic rings. The number of rotatable bonds is 7.